The summed E-state index contributed by atoms with van der Waals surface area (Å²) in [4.78, 5) is 15.1. The van der Waals surface area contributed by atoms with Gasteiger partial charge in [0.15, 0.2) is 0 Å². The smallest absolute Gasteiger partial charge is 0.418 e. The highest BCUT2D eigenvalue weighted by molar-refractivity contribution is 6.07. The van der Waals surface area contributed by atoms with Crippen LogP contribution in [0.5, 0.6) is 0 Å². The lowest BCUT2D eigenvalue weighted by molar-refractivity contribution is -0.136. The number of rotatable bonds is 1. The van der Waals surface area contributed by atoms with Gasteiger partial charge in [-0.1, -0.05) is 0 Å². The number of carbonyl (C=O) groups is 1. The van der Waals surface area contributed by atoms with Crippen LogP contribution in [0.25, 0.3) is 10.9 Å². The van der Waals surface area contributed by atoms with Crippen molar-refractivity contribution in [3.05, 3.63) is 34.5 Å². The summed E-state index contributed by atoms with van der Waals surface area (Å²) in [6.45, 7) is 6.37. The van der Waals surface area contributed by atoms with Crippen molar-refractivity contribution >= 4 is 16.9 Å². The molecule has 1 N–H and O–H groups in total. The third-order valence-corrected chi connectivity index (χ3v) is 3.16. The lowest BCUT2D eigenvalue weighted by atomic mass is 9.99. The second-order valence-corrected chi connectivity index (χ2v) is 6.15. The number of alkyl halides is 3. The van der Waals surface area contributed by atoms with Crippen LogP contribution >= 0.6 is 0 Å². The van der Waals surface area contributed by atoms with Crippen molar-refractivity contribution in [2.45, 2.75) is 39.5 Å². The summed E-state index contributed by atoms with van der Waals surface area (Å²) < 4.78 is 45.5. The first-order valence-corrected chi connectivity index (χ1v) is 6.81. The van der Waals surface area contributed by atoms with Crippen LogP contribution in [0.15, 0.2) is 12.1 Å². The van der Waals surface area contributed by atoms with E-state index in [-0.39, 0.29) is 22.2 Å². The Balaban J connectivity index is 2.83. The normalized spacial score (nSPS) is 12.3. The Hall–Kier alpha value is -2.49. The summed E-state index contributed by atoms with van der Waals surface area (Å²) in [6, 6.07) is 3.97. The Morgan fingerprint density at radius 3 is 2.35 bits per heavy atom. The molecule has 4 nitrogen and oxygen atoms in total. The molecule has 0 saturated heterocycles. The van der Waals surface area contributed by atoms with Crippen molar-refractivity contribution in [2.75, 3.05) is 0 Å². The summed E-state index contributed by atoms with van der Waals surface area (Å²) in [5, 5.41) is 8.66. The number of H-pyrrole nitrogens is 1. The maximum Gasteiger partial charge on any atom is 0.418 e. The topological polar surface area (TPSA) is 65.9 Å². The Bertz CT molecular complexity index is 821. The molecule has 1 heterocycles. The van der Waals surface area contributed by atoms with E-state index in [4.69, 9.17) is 10.00 Å². The van der Waals surface area contributed by atoms with E-state index in [0.717, 1.165) is 6.07 Å². The molecule has 0 amide bonds. The quantitative estimate of drug-likeness (QED) is 0.794. The zero-order chi connectivity index (χ0) is 17.6. The number of esters is 1. The second kappa shape index (κ2) is 5.30. The van der Waals surface area contributed by atoms with Gasteiger partial charge in [0.1, 0.15) is 5.60 Å². The molecule has 0 aliphatic rings. The van der Waals surface area contributed by atoms with Gasteiger partial charge in [-0.2, -0.15) is 18.4 Å². The van der Waals surface area contributed by atoms with Crippen LogP contribution in [-0.4, -0.2) is 16.6 Å². The van der Waals surface area contributed by atoms with Crippen LogP contribution < -0.4 is 0 Å². The molecule has 2 rings (SSSR count). The summed E-state index contributed by atoms with van der Waals surface area (Å²) in [5.41, 5.74) is -2.31. The Kier molecular flexibility index (Phi) is 3.89. The first-order chi connectivity index (χ1) is 10.5. The first kappa shape index (κ1) is 16.9. The minimum Gasteiger partial charge on any atom is -0.456 e. The van der Waals surface area contributed by atoms with E-state index in [0.29, 0.717) is 0 Å². The molecular weight excluding hydrogens is 309 g/mol. The summed E-state index contributed by atoms with van der Waals surface area (Å²) >= 11 is 0. The Morgan fingerprint density at radius 2 is 1.87 bits per heavy atom. The number of nitriles is 1. The van der Waals surface area contributed by atoms with E-state index >= 15 is 0 Å². The highest BCUT2D eigenvalue weighted by atomic mass is 19.4. The zero-order valence-corrected chi connectivity index (χ0v) is 13.1. The predicted octanol–water partition coefficient (Wildman–Crippen LogP) is 4.32. The molecule has 0 unspecified atom stereocenters. The number of aryl methyl sites for hydroxylation is 1. The molecule has 0 radical (unpaired) electrons. The summed E-state index contributed by atoms with van der Waals surface area (Å²) in [5.74, 6) is -0.859. The number of aromatic nitrogens is 1. The monoisotopic (exact) mass is 324 g/mol. The SMILES string of the molecule is Cc1[nH]c2ccc(C#N)c(C(F)(F)F)c2c1C(=O)OC(C)(C)C. The minimum absolute atomic E-state index is 0.134. The standard InChI is InChI=1S/C16H15F3N2O2/c1-8-11(14(22)23-15(2,3)4)12-10(21-8)6-5-9(7-20)13(12)16(17,18)19/h5-6,21H,1-4H3. The van der Waals surface area contributed by atoms with Gasteiger partial charge >= 0.3 is 12.1 Å². The van der Waals surface area contributed by atoms with Crippen LogP contribution in [0.4, 0.5) is 13.2 Å². The van der Waals surface area contributed by atoms with Gasteiger partial charge in [-0.05, 0) is 39.8 Å². The summed E-state index contributed by atoms with van der Waals surface area (Å²) in [7, 11) is 0. The fourth-order valence-corrected chi connectivity index (χ4v) is 2.39. The number of carbonyl (C=O) groups excluding carboxylic acids is 1. The van der Waals surface area contributed by atoms with Crippen LogP contribution in [0, 0.1) is 18.3 Å². The maximum atomic E-state index is 13.4. The first-order valence-electron chi connectivity index (χ1n) is 6.81. The van der Waals surface area contributed by atoms with Crippen molar-refractivity contribution in [2.24, 2.45) is 0 Å². The van der Waals surface area contributed by atoms with Gasteiger partial charge in [0, 0.05) is 16.6 Å². The molecule has 0 bridgehead atoms. The Morgan fingerprint density at radius 1 is 1.26 bits per heavy atom. The maximum absolute atomic E-state index is 13.4. The van der Waals surface area contributed by atoms with Gasteiger partial charge in [0.2, 0.25) is 0 Å². The number of fused-ring (bicyclic) bond motifs is 1. The van der Waals surface area contributed by atoms with Gasteiger partial charge in [-0.15, -0.1) is 0 Å². The van der Waals surface area contributed by atoms with Gasteiger partial charge in [-0.3, -0.25) is 0 Å². The van der Waals surface area contributed by atoms with Crippen LogP contribution in [0.3, 0.4) is 0 Å². The van der Waals surface area contributed by atoms with Gasteiger partial charge in [0.25, 0.3) is 0 Å². The fourth-order valence-electron chi connectivity index (χ4n) is 2.39. The van der Waals surface area contributed by atoms with Gasteiger partial charge in [0.05, 0.1) is 22.8 Å². The van der Waals surface area contributed by atoms with E-state index in [2.05, 4.69) is 4.98 Å². The number of ether oxygens (including phenoxy) is 1. The Labute approximate surface area is 130 Å². The third kappa shape index (κ3) is 3.16. The van der Waals surface area contributed by atoms with Crippen molar-refractivity contribution in [1.29, 1.82) is 5.26 Å². The van der Waals surface area contributed by atoms with Crippen LogP contribution in [-0.2, 0) is 10.9 Å². The molecule has 0 atom stereocenters. The van der Waals surface area contributed by atoms with Crippen LogP contribution in [0.2, 0.25) is 0 Å². The number of nitrogens with zero attached hydrogens (tertiary/aromatic N) is 1. The molecule has 1 aromatic heterocycles. The van der Waals surface area contributed by atoms with Gasteiger partial charge in [-0.25, -0.2) is 4.79 Å². The van der Waals surface area contributed by atoms with E-state index in [9.17, 15) is 18.0 Å². The molecule has 1 aromatic carbocycles. The lowest BCUT2D eigenvalue weighted by Gasteiger charge is -2.20. The average Bonchev–Trinajstić information content (AvgIpc) is 2.69. The third-order valence-electron chi connectivity index (χ3n) is 3.16. The van der Waals surface area contributed by atoms with Crippen molar-refractivity contribution in [1.82, 2.24) is 4.98 Å². The van der Waals surface area contributed by atoms with Crippen molar-refractivity contribution in [3.63, 3.8) is 0 Å². The molecule has 23 heavy (non-hydrogen) atoms. The second-order valence-electron chi connectivity index (χ2n) is 6.15. The molecule has 0 aliphatic heterocycles. The van der Waals surface area contributed by atoms with Crippen LogP contribution in [0.1, 0.15) is 48.0 Å². The number of nitrogens with one attached hydrogen (secondary N) is 1. The van der Waals surface area contributed by atoms with Crippen molar-refractivity contribution < 1.29 is 22.7 Å². The largest absolute Gasteiger partial charge is 0.456 e. The summed E-state index contributed by atoms with van der Waals surface area (Å²) in [6.07, 6.45) is -4.77. The number of hydrogen-bond acceptors (Lipinski definition) is 3. The molecule has 2 aromatic rings. The highest BCUT2D eigenvalue weighted by Crippen LogP contribution is 2.40. The minimum atomic E-state index is -4.77. The predicted molar refractivity (Wildman–Crippen MR) is 77.9 cm³/mol. The molecule has 122 valence electrons. The highest BCUT2D eigenvalue weighted by Gasteiger charge is 2.38. The molecule has 0 fully saturated rings. The number of hydrogen-bond donors (Lipinski definition) is 1. The lowest BCUT2D eigenvalue weighted by Crippen LogP contribution is -2.24. The molecule has 0 aliphatic carbocycles. The van der Waals surface area contributed by atoms with Crippen molar-refractivity contribution in [3.8, 4) is 6.07 Å². The van der Waals surface area contributed by atoms with E-state index in [1.165, 1.54) is 19.1 Å². The number of benzene rings is 1. The van der Waals surface area contributed by atoms with E-state index in [1.807, 2.05) is 0 Å². The van der Waals surface area contributed by atoms with E-state index in [1.54, 1.807) is 20.8 Å². The average molecular weight is 324 g/mol. The molecule has 0 saturated carbocycles. The molecule has 0 spiro atoms. The number of aromatic amines is 1. The van der Waals surface area contributed by atoms with E-state index < -0.39 is 28.9 Å². The van der Waals surface area contributed by atoms with Gasteiger partial charge < -0.3 is 9.72 Å². The molecular formula is C16H15F3N2O2. The fraction of sp³-hybridized carbons (Fsp3) is 0.375. The zero-order valence-electron chi connectivity index (χ0n) is 13.1. The molecule has 7 heteroatoms. The number of halogens is 3.